The maximum absolute atomic E-state index is 13.9. The molecule has 3 heterocycles. The summed E-state index contributed by atoms with van der Waals surface area (Å²) < 4.78 is -0.687. The minimum Gasteiger partial charge on any atom is -0.394 e. The van der Waals surface area contributed by atoms with Crippen LogP contribution in [0.15, 0.2) is 30.3 Å². The number of carbonyl (C=O) groups excluding carboxylic acids is 3. The standard InChI is InChI=1S/C24H32BrN3O4S/c1-3-5-11-26-22(31)20-24-12-16(25)19(33-24)17(21(30)27-14-9-7-6-8-10-14)18(24)23(32)28(20)15(4-2)13-29/h6-10,15-20,29H,3-5,11-13H2,1-2H3,(H,26,31)(H,27,30)/t15-,16?,17+,18-,19+,20?,24?/m0/s1. The molecule has 0 aliphatic carbocycles. The van der Waals surface area contributed by atoms with Crippen molar-refractivity contribution in [3.63, 3.8) is 0 Å². The van der Waals surface area contributed by atoms with Crippen molar-refractivity contribution in [3.8, 4) is 0 Å². The van der Waals surface area contributed by atoms with Crippen molar-refractivity contribution in [2.24, 2.45) is 11.8 Å². The minimum absolute atomic E-state index is 0.0261. The van der Waals surface area contributed by atoms with Crippen LogP contribution in [0.3, 0.4) is 0 Å². The summed E-state index contributed by atoms with van der Waals surface area (Å²) >= 11 is 5.37. The normalized spacial score (nSPS) is 33.2. The number of fused-ring (bicyclic) bond motifs is 1. The molecule has 7 nitrogen and oxygen atoms in total. The van der Waals surface area contributed by atoms with Gasteiger partial charge in [0.2, 0.25) is 17.7 Å². The fourth-order valence-electron chi connectivity index (χ4n) is 5.71. The first-order valence-electron chi connectivity index (χ1n) is 11.8. The van der Waals surface area contributed by atoms with Gasteiger partial charge in [0.05, 0.1) is 29.2 Å². The second kappa shape index (κ2) is 9.96. The molecule has 33 heavy (non-hydrogen) atoms. The Bertz CT molecular complexity index is 899. The molecular formula is C24H32BrN3O4S. The molecule has 3 N–H and O–H groups in total. The number of halogens is 1. The van der Waals surface area contributed by atoms with Gasteiger partial charge in [-0.05, 0) is 31.4 Å². The highest BCUT2D eigenvalue weighted by atomic mass is 79.9. The number of likely N-dealkylation sites (tertiary alicyclic amines) is 1. The van der Waals surface area contributed by atoms with E-state index in [0.717, 1.165) is 12.8 Å². The van der Waals surface area contributed by atoms with E-state index in [0.29, 0.717) is 25.1 Å². The number of aliphatic hydroxyl groups is 1. The molecule has 3 fully saturated rings. The number of carbonyl (C=O) groups is 3. The van der Waals surface area contributed by atoms with Crippen molar-refractivity contribution in [1.82, 2.24) is 10.2 Å². The van der Waals surface area contributed by atoms with Crippen molar-refractivity contribution in [2.45, 2.75) is 66.4 Å². The van der Waals surface area contributed by atoms with E-state index in [-0.39, 0.29) is 34.4 Å². The van der Waals surface area contributed by atoms with Gasteiger partial charge in [-0.1, -0.05) is 54.4 Å². The number of nitrogens with zero attached hydrogens (tertiary/aromatic N) is 1. The Labute approximate surface area is 207 Å². The Morgan fingerprint density at radius 1 is 1.27 bits per heavy atom. The van der Waals surface area contributed by atoms with Gasteiger partial charge in [-0.25, -0.2) is 0 Å². The lowest BCUT2D eigenvalue weighted by Crippen LogP contribution is -2.57. The molecule has 7 atom stereocenters. The first kappa shape index (κ1) is 24.5. The highest BCUT2D eigenvalue weighted by Gasteiger charge is 2.76. The lowest BCUT2D eigenvalue weighted by molar-refractivity contribution is -0.142. The lowest BCUT2D eigenvalue weighted by atomic mass is 9.70. The number of alkyl halides is 1. The summed E-state index contributed by atoms with van der Waals surface area (Å²) in [7, 11) is 0. The molecule has 4 rings (SSSR count). The van der Waals surface area contributed by atoms with Gasteiger partial charge in [0.1, 0.15) is 6.04 Å². The average Bonchev–Trinajstić information content (AvgIpc) is 3.39. The second-order valence-corrected chi connectivity index (χ2v) is 11.9. The zero-order valence-electron chi connectivity index (χ0n) is 19.0. The summed E-state index contributed by atoms with van der Waals surface area (Å²) in [5.41, 5.74) is 0.688. The maximum Gasteiger partial charge on any atom is 0.244 e. The molecule has 180 valence electrons. The molecular weight excluding hydrogens is 506 g/mol. The van der Waals surface area contributed by atoms with Crippen LogP contribution in [0.1, 0.15) is 39.5 Å². The third-order valence-electron chi connectivity index (χ3n) is 7.22. The number of unbranched alkanes of at least 4 members (excludes halogenated alkanes) is 1. The smallest absolute Gasteiger partial charge is 0.244 e. The van der Waals surface area contributed by atoms with E-state index in [9.17, 15) is 19.5 Å². The van der Waals surface area contributed by atoms with Crippen LogP contribution in [0.2, 0.25) is 0 Å². The van der Waals surface area contributed by atoms with Gasteiger partial charge in [-0.15, -0.1) is 11.8 Å². The van der Waals surface area contributed by atoms with Gasteiger partial charge in [0.25, 0.3) is 0 Å². The minimum atomic E-state index is -0.700. The number of para-hydroxylation sites is 1. The van der Waals surface area contributed by atoms with E-state index in [4.69, 9.17) is 0 Å². The van der Waals surface area contributed by atoms with Crippen LogP contribution in [0.5, 0.6) is 0 Å². The van der Waals surface area contributed by atoms with Gasteiger partial charge in [-0.3, -0.25) is 14.4 Å². The third kappa shape index (κ3) is 4.10. The zero-order valence-corrected chi connectivity index (χ0v) is 21.4. The first-order valence-corrected chi connectivity index (χ1v) is 13.6. The monoisotopic (exact) mass is 537 g/mol. The van der Waals surface area contributed by atoms with Gasteiger partial charge in [0.15, 0.2) is 0 Å². The molecule has 3 saturated heterocycles. The number of benzene rings is 1. The summed E-state index contributed by atoms with van der Waals surface area (Å²) in [5, 5.41) is 16.0. The highest BCUT2D eigenvalue weighted by molar-refractivity contribution is 9.09. The molecule has 3 unspecified atom stereocenters. The van der Waals surface area contributed by atoms with E-state index in [1.165, 1.54) is 0 Å². The lowest BCUT2D eigenvalue weighted by Gasteiger charge is -2.37. The average molecular weight is 539 g/mol. The number of thioether (sulfide) groups is 1. The Kier molecular flexibility index (Phi) is 7.41. The number of rotatable bonds is 9. The quantitative estimate of drug-likeness (QED) is 0.332. The Balaban J connectivity index is 1.70. The first-order chi connectivity index (χ1) is 15.9. The van der Waals surface area contributed by atoms with Crippen molar-refractivity contribution in [1.29, 1.82) is 0 Å². The van der Waals surface area contributed by atoms with Crippen LogP contribution in [0.25, 0.3) is 0 Å². The summed E-state index contributed by atoms with van der Waals surface area (Å²) in [6.45, 7) is 4.30. The maximum atomic E-state index is 13.9. The molecule has 1 aromatic rings. The number of amides is 3. The van der Waals surface area contributed by atoms with E-state index >= 15 is 0 Å². The molecule has 9 heteroatoms. The van der Waals surface area contributed by atoms with Crippen LogP contribution >= 0.6 is 27.7 Å². The summed E-state index contributed by atoms with van der Waals surface area (Å²) in [6.07, 6.45) is 2.99. The molecule has 0 aromatic heterocycles. The molecule has 3 amide bonds. The number of nitrogens with one attached hydrogen (secondary N) is 2. The van der Waals surface area contributed by atoms with Gasteiger partial charge >= 0.3 is 0 Å². The fourth-order valence-corrected chi connectivity index (χ4v) is 9.31. The van der Waals surface area contributed by atoms with Crippen molar-refractivity contribution >= 4 is 51.1 Å². The number of aliphatic hydroxyl groups excluding tert-OH is 1. The van der Waals surface area contributed by atoms with Crippen molar-refractivity contribution in [3.05, 3.63) is 30.3 Å². The van der Waals surface area contributed by atoms with Gasteiger partial charge in [0, 0.05) is 22.3 Å². The molecule has 1 spiro atoms. The Morgan fingerprint density at radius 3 is 2.64 bits per heavy atom. The van der Waals surface area contributed by atoms with Crippen molar-refractivity contribution < 1.29 is 19.5 Å². The van der Waals surface area contributed by atoms with Crippen LogP contribution in [0, 0.1) is 11.8 Å². The van der Waals surface area contributed by atoms with Crippen LogP contribution < -0.4 is 10.6 Å². The third-order valence-corrected chi connectivity index (χ3v) is 10.4. The Morgan fingerprint density at radius 2 is 2.00 bits per heavy atom. The zero-order chi connectivity index (χ0) is 23.8. The SMILES string of the molecule is CCCCNC(=O)C1N([C@@H](CC)CO)C(=O)[C@@H]2[C@@H](C(=O)Nc3ccccc3)[C@@H]3SC12CC3Br. The van der Waals surface area contributed by atoms with Crippen molar-refractivity contribution in [2.75, 3.05) is 18.5 Å². The molecule has 1 aromatic carbocycles. The predicted octanol–water partition coefficient (Wildman–Crippen LogP) is 2.78. The molecule has 0 radical (unpaired) electrons. The fraction of sp³-hybridized carbons (Fsp3) is 0.625. The molecule has 0 saturated carbocycles. The van der Waals surface area contributed by atoms with Gasteiger partial charge < -0.3 is 20.6 Å². The number of hydrogen-bond acceptors (Lipinski definition) is 5. The van der Waals surface area contributed by atoms with E-state index in [1.807, 2.05) is 37.3 Å². The second-order valence-electron chi connectivity index (χ2n) is 9.15. The van der Waals surface area contributed by atoms with E-state index < -0.39 is 28.7 Å². The molecule has 2 bridgehead atoms. The predicted molar refractivity (Wildman–Crippen MR) is 133 cm³/mol. The number of anilines is 1. The highest BCUT2D eigenvalue weighted by Crippen LogP contribution is 2.68. The molecule has 3 aliphatic heterocycles. The summed E-state index contributed by atoms with van der Waals surface area (Å²) in [4.78, 5) is 42.5. The molecule has 3 aliphatic rings. The van der Waals surface area contributed by atoms with Crippen LogP contribution in [-0.2, 0) is 14.4 Å². The van der Waals surface area contributed by atoms with E-state index in [1.54, 1.807) is 16.7 Å². The van der Waals surface area contributed by atoms with Crippen LogP contribution in [0.4, 0.5) is 5.69 Å². The summed E-state index contributed by atoms with van der Waals surface area (Å²) in [5.74, 6) is -1.69. The van der Waals surface area contributed by atoms with Crippen LogP contribution in [-0.4, -0.2) is 67.8 Å². The van der Waals surface area contributed by atoms with E-state index in [2.05, 4.69) is 33.5 Å². The van der Waals surface area contributed by atoms with Gasteiger partial charge in [-0.2, -0.15) is 0 Å². The Hall–Kier alpha value is -1.58. The summed E-state index contributed by atoms with van der Waals surface area (Å²) in [6, 6.07) is 8.08. The number of hydrogen-bond donors (Lipinski definition) is 3. The topological polar surface area (TPSA) is 98.7 Å². The largest absolute Gasteiger partial charge is 0.394 e.